The van der Waals surface area contributed by atoms with Gasteiger partial charge in [-0.2, -0.15) is 4.99 Å². The Morgan fingerprint density at radius 1 is 1.38 bits per heavy atom. The van der Waals surface area contributed by atoms with Gasteiger partial charge < -0.3 is 13.7 Å². The molecule has 9 nitrogen and oxygen atoms in total. The SMILES string of the molecule is COC(=O)Cn1c(=NC(=O)c2ccc([N+](=O)[O-])o2)sc2cc(Br)ccc21. The highest BCUT2D eigenvalue weighted by molar-refractivity contribution is 9.10. The molecule has 0 aliphatic rings. The zero-order valence-electron chi connectivity index (χ0n) is 13.2. The molecule has 1 aromatic carbocycles. The Morgan fingerprint density at radius 2 is 2.15 bits per heavy atom. The molecule has 0 N–H and O–H groups in total. The lowest BCUT2D eigenvalue weighted by atomic mass is 10.3. The predicted molar refractivity (Wildman–Crippen MR) is 94.8 cm³/mol. The van der Waals surface area contributed by atoms with Crippen LogP contribution in [0.3, 0.4) is 0 Å². The number of methoxy groups -OCH3 is 1. The standard InChI is InChI=1S/C15H10BrN3O6S/c1-24-13(20)7-18-9-3-2-8(16)6-11(9)26-15(18)17-14(21)10-4-5-12(25-10)19(22)23/h2-6H,7H2,1H3. The molecule has 11 heteroatoms. The normalized spacial score (nSPS) is 11.7. The third-order valence-electron chi connectivity index (χ3n) is 3.34. The number of ether oxygens (including phenoxy) is 1. The lowest BCUT2D eigenvalue weighted by Gasteiger charge is -2.03. The van der Waals surface area contributed by atoms with Gasteiger partial charge in [-0.3, -0.25) is 19.7 Å². The van der Waals surface area contributed by atoms with E-state index in [1.807, 2.05) is 6.07 Å². The molecular formula is C15H10BrN3O6S. The predicted octanol–water partition coefficient (Wildman–Crippen LogP) is 2.88. The van der Waals surface area contributed by atoms with Crippen LogP contribution >= 0.6 is 27.3 Å². The molecule has 0 spiro atoms. The molecule has 2 aromatic heterocycles. The summed E-state index contributed by atoms with van der Waals surface area (Å²) in [5.41, 5.74) is 0.695. The highest BCUT2D eigenvalue weighted by Crippen LogP contribution is 2.22. The van der Waals surface area contributed by atoms with Crippen molar-refractivity contribution in [2.24, 2.45) is 4.99 Å². The first-order valence-electron chi connectivity index (χ1n) is 7.08. The number of hydrogen-bond donors (Lipinski definition) is 0. The van der Waals surface area contributed by atoms with Crippen molar-refractivity contribution < 1.29 is 23.7 Å². The molecule has 0 aliphatic carbocycles. The monoisotopic (exact) mass is 439 g/mol. The van der Waals surface area contributed by atoms with Crippen molar-refractivity contribution in [1.29, 1.82) is 0 Å². The molecule has 134 valence electrons. The number of thiazole rings is 1. The highest BCUT2D eigenvalue weighted by atomic mass is 79.9. The number of aromatic nitrogens is 1. The summed E-state index contributed by atoms with van der Waals surface area (Å²) in [5.74, 6) is -2.11. The molecule has 0 saturated carbocycles. The quantitative estimate of drug-likeness (QED) is 0.350. The molecule has 0 radical (unpaired) electrons. The van der Waals surface area contributed by atoms with Crippen LogP contribution in [0.5, 0.6) is 0 Å². The number of nitrogens with zero attached hydrogens (tertiary/aromatic N) is 3. The van der Waals surface area contributed by atoms with Crippen molar-refractivity contribution in [3.05, 3.63) is 55.5 Å². The minimum Gasteiger partial charge on any atom is -0.468 e. The fourth-order valence-electron chi connectivity index (χ4n) is 2.16. The van der Waals surface area contributed by atoms with Crippen LogP contribution in [0.1, 0.15) is 10.6 Å². The third kappa shape index (κ3) is 3.58. The lowest BCUT2D eigenvalue weighted by molar-refractivity contribution is -0.402. The molecule has 0 unspecified atom stereocenters. The van der Waals surface area contributed by atoms with Crippen LogP contribution in [0.4, 0.5) is 5.88 Å². The van der Waals surface area contributed by atoms with Crippen LogP contribution in [0.15, 0.2) is 44.2 Å². The minimum absolute atomic E-state index is 0.136. The molecule has 3 aromatic rings. The molecule has 1 amide bonds. The zero-order chi connectivity index (χ0) is 18.8. The van der Waals surface area contributed by atoms with Crippen LogP contribution < -0.4 is 4.80 Å². The number of hydrogen-bond acceptors (Lipinski definition) is 7. The first-order chi connectivity index (χ1) is 12.4. The Labute approximate surface area is 157 Å². The van der Waals surface area contributed by atoms with Gasteiger partial charge in [-0.15, -0.1) is 0 Å². The summed E-state index contributed by atoms with van der Waals surface area (Å²) < 4.78 is 12.7. The van der Waals surface area contributed by atoms with E-state index in [4.69, 9.17) is 4.42 Å². The molecule has 0 bridgehead atoms. The Bertz CT molecular complexity index is 1100. The maximum absolute atomic E-state index is 12.3. The minimum atomic E-state index is -0.790. The van der Waals surface area contributed by atoms with Crippen molar-refractivity contribution in [3.63, 3.8) is 0 Å². The van der Waals surface area contributed by atoms with Gasteiger partial charge in [0.1, 0.15) is 11.5 Å². The van der Waals surface area contributed by atoms with E-state index in [2.05, 4.69) is 25.7 Å². The van der Waals surface area contributed by atoms with Gasteiger partial charge in [-0.05, 0) is 24.3 Å². The second-order valence-corrected chi connectivity index (χ2v) is 6.90. The van der Waals surface area contributed by atoms with Crippen molar-refractivity contribution in [3.8, 4) is 0 Å². The number of nitro groups is 1. The maximum atomic E-state index is 12.3. The molecular weight excluding hydrogens is 430 g/mol. The average molecular weight is 440 g/mol. The first kappa shape index (κ1) is 18.0. The van der Waals surface area contributed by atoms with Crippen molar-refractivity contribution >= 4 is 55.2 Å². The Hall–Kier alpha value is -2.79. The summed E-state index contributed by atoms with van der Waals surface area (Å²) >= 11 is 4.55. The third-order valence-corrected chi connectivity index (χ3v) is 4.87. The van der Waals surface area contributed by atoms with E-state index in [1.165, 1.54) is 29.1 Å². The van der Waals surface area contributed by atoms with E-state index in [9.17, 15) is 19.7 Å². The molecule has 26 heavy (non-hydrogen) atoms. The van der Waals surface area contributed by atoms with E-state index in [0.29, 0.717) is 5.52 Å². The summed E-state index contributed by atoms with van der Waals surface area (Å²) in [6.45, 7) is -0.136. The first-order valence-corrected chi connectivity index (χ1v) is 8.69. The van der Waals surface area contributed by atoms with Crippen LogP contribution in [0.25, 0.3) is 10.2 Å². The fourth-order valence-corrected chi connectivity index (χ4v) is 3.74. The average Bonchev–Trinajstić information content (AvgIpc) is 3.20. The number of carbonyl (C=O) groups is 2. The number of carbonyl (C=O) groups excluding carboxylic acids is 2. The summed E-state index contributed by atoms with van der Waals surface area (Å²) in [5, 5.41) is 10.7. The van der Waals surface area contributed by atoms with E-state index in [-0.39, 0.29) is 17.1 Å². The van der Waals surface area contributed by atoms with Crippen LogP contribution in [-0.2, 0) is 16.1 Å². The largest absolute Gasteiger partial charge is 0.468 e. The van der Waals surface area contributed by atoms with Gasteiger partial charge in [0, 0.05) is 4.47 Å². The fraction of sp³-hybridized carbons (Fsp3) is 0.133. The number of fused-ring (bicyclic) bond motifs is 1. The summed E-state index contributed by atoms with van der Waals surface area (Å²) in [6, 6.07) is 7.66. The smallest absolute Gasteiger partial charge is 0.433 e. The van der Waals surface area contributed by atoms with Gasteiger partial charge in [-0.25, -0.2) is 0 Å². The summed E-state index contributed by atoms with van der Waals surface area (Å²) in [6.07, 6.45) is 0. The number of halogens is 1. The van der Waals surface area contributed by atoms with Crippen LogP contribution in [-0.4, -0.2) is 28.5 Å². The number of furan rings is 1. The van der Waals surface area contributed by atoms with Gasteiger partial charge in [0.15, 0.2) is 4.80 Å². The summed E-state index contributed by atoms with van der Waals surface area (Å²) in [4.78, 5) is 38.1. The number of benzene rings is 1. The van der Waals surface area contributed by atoms with Gasteiger partial charge in [0.25, 0.3) is 0 Å². The number of rotatable bonds is 4. The molecule has 2 heterocycles. The molecule has 0 atom stereocenters. The molecule has 0 saturated heterocycles. The van der Waals surface area contributed by atoms with Gasteiger partial charge >= 0.3 is 17.8 Å². The van der Waals surface area contributed by atoms with Gasteiger partial charge in [0.05, 0.1) is 23.4 Å². The van der Waals surface area contributed by atoms with E-state index >= 15 is 0 Å². The van der Waals surface area contributed by atoms with Crippen molar-refractivity contribution in [2.75, 3.05) is 7.11 Å². The number of amides is 1. The lowest BCUT2D eigenvalue weighted by Crippen LogP contribution is -2.22. The van der Waals surface area contributed by atoms with Gasteiger partial charge in [-0.1, -0.05) is 27.3 Å². The molecule has 0 aliphatic heterocycles. The Morgan fingerprint density at radius 3 is 2.81 bits per heavy atom. The Kier molecular flexibility index (Phi) is 5.00. The van der Waals surface area contributed by atoms with E-state index < -0.39 is 22.7 Å². The maximum Gasteiger partial charge on any atom is 0.433 e. The second-order valence-electron chi connectivity index (χ2n) is 4.97. The van der Waals surface area contributed by atoms with Crippen LogP contribution in [0.2, 0.25) is 0 Å². The Balaban J connectivity index is 2.10. The summed E-state index contributed by atoms with van der Waals surface area (Å²) in [7, 11) is 1.26. The van der Waals surface area contributed by atoms with E-state index in [1.54, 1.807) is 12.1 Å². The van der Waals surface area contributed by atoms with Crippen molar-refractivity contribution in [1.82, 2.24) is 4.57 Å². The number of esters is 1. The van der Waals surface area contributed by atoms with Gasteiger partial charge in [0.2, 0.25) is 5.76 Å². The van der Waals surface area contributed by atoms with E-state index in [0.717, 1.165) is 15.2 Å². The topological polar surface area (TPSA) is 117 Å². The van der Waals surface area contributed by atoms with Crippen LogP contribution in [0, 0.1) is 10.1 Å². The molecule has 0 fully saturated rings. The second kappa shape index (κ2) is 7.22. The zero-order valence-corrected chi connectivity index (χ0v) is 15.6. The molecule has 3 rings (SSSR count). The highest BCUT2D eigenvalue weighted by Gasteiger charge is 2.18. The van der Waals surface area contributed by atoms with Crippen molar-refractivity contribution in [2.45, 2.75) is 6.54 Å².